The Balaban J connectivity index is 1.78. The van der Waals surface area contributed by atoms with Gasteiger partial charge in [-0.3, -0.25) is 4.79 Å². The Morgan fingerprint density at radius 1 is 0.867 bits per heavy atom. The van der Waals surface area contributed by atoms with E-state index in [0.717, 1.165) is 22.8 Å². The third kappa shape index (κ3) is 4.67. The van der Waals surface area contributed by atoms with E-state index in [4.69, 9.17) is 14.2 Å². The van der Waals surface area contributed by atoms with Crippen LogP contribution in [0.4, 0.5) is 0 Å². The molecule has 1 amide bonds. The number of hydrogen-bond acceptors (Lipinski definition) is 4. The number of nitrogens with one attached hydrogen (secondary N) is 1. The molecule has 0 fully saturated rings. The molecule has 5 nitrogen and oxygen atoms in total. The number of benzene rings is 3. The van der Waals surface area contributed by atoms with Crippen molar-refractivity contribution in [1.29, 1.82) is 0 Å². The molecule has 3 aromatic rings. The number of fused-ring (bicyclic) bond motifs is 1. The Bertz CT molecular complexity index is 996. The minimum atomic E-state index is -0.579. The molecule has 1 N–H and O–H groups in total. The number of ether oxygens (including phenoxy) is 3. The SMILES string of the molecule is CC[C@H](NC(=O)[C@@H](CC)Oc1cccc2ccccc12)c1ccc(OC)c(OC)c1. The lowest BCUT2D eigenvalue weighted by molar-refractivity contribution is -0.128. The van der Waals surface area contributed by atoms with Gasteiger partial charge >= 0.3 is 0 Å². The van der Waals surface area contributed by atoms with Gasteiger partial charge in [-0.15, -0.1) is 0 Å². The zero-order valence-corrected chi connectivity index (χ0v) is 18.0. The zero-order chi connectivity index (χ0) is 21.5. The predicted molar refractivity (Wildman–Crippen MR) is 119 cm³/mol. The van der Waals surface area contributed by atoms with E-state index >= 15 is 0 Å². The largest absolute Gasteiger partial charge is 0.493 e. The van der Waals surface area contributed by atoms with Gasteiger partial charge in [-0.25, -0.2) is 0 Å². The number of carbonyl (C=O) groups excluding carboxylic acids is 1. The maximum Gasteiger partial charge on any atom is 0.261 e. The molecule has 5 heteroatoms. The summed E-state index contributed by atoms with van der Waals surface area (Å²) in [4.78, 5) is 13.0. The van der Waals surface area contributed by atoms with Crippen molar-refractivity contribution < 1.29 is 19.0 Å². The van der Waals surface area contributed by atoms with Crippen molar-refractivity contribution in [2.24, 2.45) is 0 Å². The van der Waals surface area contributed by atoms with Crippen molar-refractivity contribution in [3.63, 3.8) is 0 Å². The average Bonchev–Trinajstić information content (AvgIpc) is 2.80. The van der Waals surface area contributed by atoms with E-state index in [2.05, 4.69) is 5.32 Å². The van der Waals surface area contributed by atoms with Crippen LogP contribution in [0.5, 0.6) is 17.2 Å². The first-order chi connectivity index (χ1) is 14.6. The molecule has 158 valence electrons. The van der Waals surface area contributed by atoms with Crippen LogP contribution < -0.4 is 19.5 Å². The molecule has 2 atom stereocenters. The zero-order valence-electron chi connectivity index (χ0n) is 18.0. The van der Waals surface area contributed by atoms with Crippen LogP contribution in [-0.4, -0.2) is 26.2 Å². The van der Waals surface area contributed by atoms with Crippen LogP contribution in [0.25, 0.3) is 10.8 Å². The molecular weight excluding hydrogens is 378 g/mol. The molecule has 30 heavy (non-hydrogen) atoms. The van der Waals surface area contributed by atoms with Crippen LogP contribution in [0, 0.1) is 0 Å². The van der Waals surface area contributed by atoms with Gasteiger partial charge in [0.25, 0.3) is 5.91 Å². The summed E-state index contributed by atoms with van der Waals surface area (Å²) in [7, 11) is 3.21. The summed E-state index contributed by atoms with van der Waals surface area (Å²) in [6.45, 7) is 3.99. The molecule has 0 aliphatic heterocycles. The molecule has 0 bridgehead atoms. The highest BCUT2D eigenvalue weighted by molar-refractivity contribution is 5.89. The van der Waals surface area contributed by atoms with Gasteiger partial charge in [0.2, 0.25) is 0 Å². The fourth-order valence-electron chi connectivity index (χ4n) is 3.53. The first-order valence-corrected chi connectivity index (χ1v) is 10.3. The topological polar surface area (TPSA) is 56.8 Å². The van der Waals surface area contributed by atoms with Gasteiger partial charge in [0.15, 0.2) is 17.6 Å². The molecular formula is C25H29NO4. The molecule has 0 spiro atoms. The van der Waals surface area contributed by atoms with Crippen LogP contribution >= 0.6 is 0 Å². The number of methoxy groups -OCH3 is 2. The smallest absolute Gasteiger partial charge is 0.261 e. The van der Waals surface area contributed by atoms with E-state index < -0.39 is 6.10 Å². The van der Waals surface area contributed by atoms with Crippen molar-refractivity contribution in [3.8, 4) is 17.2 Å². The minimum absolute atomic E-state index is 0.132. The Kier molecular flexibility index (Phi) is 7.17. The third-order valence-electron chi connectivity index (χ3n) is 5.22. The quantitative estimate of drug-likeness (QED) is 0.524. The fourth-order valence-corrected chi connectivity index (χ4v) is 3.53. The fraction of sp³-hybridized carbons (Fsp3) is 0.320. The Morgan fingerprint density at radius 3 is 2.30 bits per heavy atom. The van der Waals surface area contributed by atoms with E-state index in [1.54, 1.807) is 14.2 Å². The number of rotatable bonds is 9. The third-order valence-corrected chi connectivity index (χ3v) is 5.22. The lowest BCUT2D eigenvalue weighted by Crippen LogP contribution is -2.40. The number of amides is 1. The molecule has 0 unspecified atom stereocenters. The van der Waals surface area contributed by atoms with Crippen molar-refractivity contribution in [2.75, 3.05) is 14.2 Å². The minimum Gasteiger partial charge on any atom is -0.493 e. The highest BCUT2D eigenvalue weighted by atomic mass is 16.5. The molecule has 0 heterocycles. The highest BCUT2D eigenvalue weighted by Gasteiger charge is 2.23. The Hall–Kier alpha value is -3.21. The molecule has 3 rings (SSSR count). The average molecular weight is 408 g/mol. The summed E-state index contributed by atoms with van der Waals surface area (Å²) in [5.74, 6) is 1.89. The summed E-state index contributed by atoms with van der Waals surface area (Å²) in [6.07, 6.45) is 0.730. The van der Waals surface area contributed by atoms with Gasteiger partial charge in [-0.2, -0.15) is 0 Å². The summed E-state index contributed by atoms with van der Waals surface area (Å²) >= 11 is 0. The molecule has 0 aliphatic rings. The first-order valence-electron chi connectivity index (χ1n) is 10.3. The maximum absolute atomic E-state index is 13.0. The summed E-state index contributed by atoms with van der Waals surface area (Å²) < 4.78 is 16.9. The normalized spacial score (nSPS) is 12.8. The van der Waals surface area contributed by atoms with E-state index in [1.807, 2.05) is 74.5 Å². The molecule has 0 aliphatic carbocycles. The predicted octanol–water partition coefficient (Wildman–Crippen LogP) is 5.28. The Morgan fingerprint density at radius 2 is 1.60 bits per heavy atom. The lowest BCUT2D eigenvalue weighted by atomic mass is 10.0. The summed E-state index contributed by atoms with van der Waals surface area (Å²) in [5, 5.41) is 5.21. The first kappa shape index (κ1) is 21.5. The molecule has 0 saturated carbocycles. The van der Waals surface area contributed by atoms with Crippen molar-refractivity contribution >= 4 is 16.7 Å². The molecule has 0 radical (unpaired) electrons. The van der Waals surface area contributed by atoms with Crippen LogP contribution in [0.1, 0.15) is 38.3 Å². The van der Waals surface area contributed by atoms with Crippen LogP contribution in [0.2, 0.25) is 0 Å². The Labute approximate surface area is 178 Å². The van der Waals surface area contributed by atoms with E-state index in [1.165, 1.54) is 0 Å². The van der Waals surface area contributed by atoms with Gasteiger partial charge in [-0.05, 0) is 42.0 Å². The maximum atomic E-state index is 13.0. The standard InChI is InChI=1S/C25H29NO4/c1-5-20(18-14-15-23(28-3)24(16-18)29-4)26-25(27)21(6-2)30-22-13-9-11-17-10-7-8-12-19(17)22/h7-16,20-21H,5-6H2,1-4H3,(H,26,27)/t20-,21+/m0/s1. The summed E-state index contributed by atoms with van der Waals surface area (Å²) in [5.41, 5.74) is 0.962. The monoisotopic (exact) mass is 407 g/mol. The van der Waals surface area contributed by atoms with Crippen molar-refractivity contribution in [2.45, 2.75) is 38.8 Å². The van der Waals surface area contributed by atoms with E-state index in [0.29, 0.717) is 23.7 Å². The van der Waals surface area contributed by atoms with Crippen LogP contribution in [0.3, 0.4) is 0 Å². The number of carbonyl (C=O) groups is 1. The second kappa shape index (κ2) is 10.0. The molecule has 3 aromatic carbocycles. The second-order valence-corrected chi connectivity index (χ2v) is 7.08. The number of hydrogen-bond donors (Lipinski definition) is 1. The van der Waals surface area contributed by atoms with E-state index in [-0.39, 0.29) is 11.9 Å². The van der Waals surface area contributed by atoms with Crippen molar-refractivity contribution in [3.05, 3.63) is 66.2 Å². The van der Waals surface area contributed by atoms with Gasteiger partial charge in [0, 0.05) is 5.39 Å². The highest BCUT2D eigenvalue weighted by Crippen LogP contribution is 2.31. The van der Waals surface area contributed by atoms with Gasteiger partial charge in [0.1, 0.15) is 5.75 Å². The van der Waals surface area contributed by atoms with Crippen LogP contribution in [-0.2, 0) is 4.79 Å². The van der Waals surface area contributed by atoms with Gasteiger partial charge in [0.05, 0.1) is 20.3 Å². The second-order valence-electron chi connectivity index (χ2n) is 7.08. The molecule has 0 aromatic heterocycles. The van der Waals surface area contributed by atoms with Gasteiger partial charge < -0.3 is 19.5 Å². The lowest BCUT2D eigenvalue weighted by Gasteiger charge is -2.23. The van der Waals surface area contributed by atoms with Crippen LogP contribution in [0.15, 0.2) is 60.7 Å². The van der Waals surface area contributed by atoms with E-state index in [9.17, 15) is 4.79 Å². The van der Waals surface area contributed by atoms with Crippen molar-refractivity contribution in [1.82, 2.24) is 5.32 Å². The van der Waals surface area contributed by atoms with Gasteiger partial charge in [-0.1, -0.05) is 56.3 Å². The molecule has 0 saturated heterocycles. The summed E-state index contributed by atoms with van der Waals surface area (Å²) in [6, 6.07) is 19.4.